The lowest BCUT2D eigenvalue weighted by atomic mass is 10.1. The van der Waals surface area contributed by atoms with Gasteiger partial charge in [-0.25, -0.2) is 4.98 Å². The van der Waals surface area contributed by atoms with Crippen LogP contribution in [0.3, 0.4) is 0 Å². The average molecular weight is 357 g/mol. The predicted octanol–water partition coefficient (Wildman–Crippen LogP) is 2.91. The van der Waals surface area contributed by atoms with E-state index in [0.29, 0.717) is 28.5 Å². The topological polar surface area (TPSA) is 107 Å². The number of pyridine rings is 2. The minimum Gasteiger partial charge on any atom is -0.456 e. The Morgan fingerprint density at radius 3 is 2.76 bits per heavy atom. The molecule has 3 N–H and O–H groups in total. The Labute approximate surface area is 147 Å². The largest absolute Gasteiger partial charge is 0.456 e. The van der Waals surface area contributed by atoms with Crippen molar-refractivity contribution in [1.29, 1.82) is 0 Å². The first-order chi connectivity index (χ1) is 12.1. The first kappa shape index (κ1) is 16.7. The molecule has 0 atom stereocenters. The summed E-state index contributed by atoms with van der Waals surface area (Å²) < 4.78 is 6.01. The smallest absolute Gasteiger partial charge is 0.230 e. The number of nitrogens with two attached hydrogens (primary N) is 1. The van der Waals surface area contributed by atoms with Crippen LogP contribution in [0.4, 0.5) is 11.5 Å². The third kappa shape index (κ3) is 3.36. The molecule has 7 nitrogen and oxygen atoms in total. The van der Waals surface area contributed by atoms with Gasteiger partial charge < -0.3 is 15.8 Å². The maximum absolute atomic E-state index is 11.5. The molecule has 126 valence electrons. The number of benzene rings is 1. The number of halogens is 1. The van der Waals surface area contributed by atoms with Crippen molar-refractivity contribution in [1.82, 2.24) is 9.97 Å². The Morgan fingerprint density at radius 1 is 1.16 bits per heavy atom. The van der Waals surface area contributed by atoms with Gasteiger partial charge in [0.15, 0.2) is 0 Å². The second-order valence-corrected chi connectivity index (χ2v) is 5.28. The normalized spacial score (nSPS) is 12.0. The molecule has 2 aromatic heterocycles. The molecular weight excluding hydrogens is 344 g/mol. The van der Waals surface area contributed by atoms with E-state index in [-0.39, 0.29) is 18.1 Å². The van der Waals surface area contributed by atoms with Crippen LogP contribution in [-0.4, -0.2) is 21.6 Å². The first-order valence-corrected chi connectivity index (χ1v) is 7.70. The molecule has 1 amide bonds. The van der Waals surface area contributed by atoms with Gasteiger partial charge in [-0.05, 0) is 41.9 Å². The molecule has 1 aromatic carbocycles. The second kappa shape index (κ2) is 7.14. The van der Waals surface area contributed by atoms with Crippen molar-refractivity contribution >= 4 is 45.7 Å². The molecule has 1 aliphatic rings. The fourth-order valence-corrected chi connectivity index (χ4v) is 2.56. The highest BCUT2D eigenvalue weighted by Crippen LogP contribution is 2.36. The standard InChI is InChI=1S/C16H12N4O2.CHClO/c17-11-3-4-12(9-2-1-6-18-15(9)11)22-13-5-7-19-16-10(13)8-14(21)20-16;2-1-3/h1-7H,8,17H2,(H,19,20,21);1H. The summed E-state index contributed by atoms with van der Waals surface area (Å²) in [6.07, 6.45) is 3.57. The number of hydrogen-bond acceptors (Lipinski definition) is 6. The second-order valence-electron chi connectivity index (χ2n) is 5.10. The van der Waals surface area contributed by atoms with Crippen LogP contribution in [0.15, 0.2) is 42.7 Å². The van der Waals surface area contributed by atoms with E-state index in [9.17, 15) is 4.79 Å². The Hall–Kier alpha value is -3.19. The van der Waals surface area contributed by atoms with Crippen molar-refractivity contribution in [3.63, 3.8) is 0 Å². The van der Waals surface area contributed by atoms with Crippen LogP contribution in [-0.2, 0) is 16.0 Å². The van der Waals surface area contributed by atoms with Gasteiger partial charge in [-0.3, -0.25) is 14.6 Å². The van der Waals surface area contributed by atoms with Gasteiger partial charge in [-0.2, -0.15) is 0 Å². The van der Waals surface area contributed by atoms with Crippen LogP contribution in [0.25, 0.3) is 10.9 Å². The molecule has 4 rings (SSSR count). The highest BCUT2D eigenvalue weighted by molar-refractivity contribution is 6.54. The van der Waals surface area contributed by atoms with Gasteiger partial charge in [0.2, 0.25) is 11.7 Å². The van der Waals surface area contributed by atoms with E-state index in [1.807, 2.05) is 12.1 Å². The molecule has 25 heavy (non-hydrogen) atoms. The Morgan fingerprint density at radius 2 is 1.96 bits per heavy atom. The number of ether oxygens (including phenoxy) is 1. The van der Waals surface area contributed by atoms with E-state index < -0.39 is 0 Å². The Kier molecular flexibility index (Phi) is 4.76. The molecule has 0 spiro atoms. The van der Waals surface area contributed by atoms with Gasteiger partial charge in [0.05, 0.1) is 17.6 Å². The summed E-state index contributed by atoms with van der Waals surface area (Å²) in [6, 6.07) is 9.04. The molecule has 0 saturated heterocycles. The predicted molar refractivity (Wildman–Crippen MR) is 95.4 cm³/mol. The summed E-state index contributed by atoms with van der Waals surface area (Å²) in [6.45, 7) is 0. The lowest BCUT2D eigenvalue weighted by Gasteiger charge is -2.12. The van der Waals surface area contributed by atoms with Crippen LogP contribution in [0.1, 0.15) is 5.56 Å². The quantitative estimate of drug-likeness (QED) is 0.415. The van der Waals surface area contributed by atoms with Crippen LogP contribution in [0.2, 0.25) is 0 Å². The molecule has 0 radical (unpaired) electrons. The molecule has 8 heteroatoms. The SMILES string of the molecule is Nc1ccc(Oc2ccnc3c2CC(=O)N3)c2cccnc12.O=CCl. The van der Waals surface area contributed by atoms with E-state index >= 15 is 0 Å². The van der Waals surface area contributed by atoms with Gasteiger partial charge in [0.1, 0.15) is 17.3 Å². The molecule has 3 aromatic rings. The number of rotatable bonds is 2. The van der Waals surface area contributed by atoms with Crippen molar-refractivity contribution in [2.24, 2.45) is 0 Å². The van der Waals surface area contributed by atoms with Gasteiger partial charge >= 0.3 is 0 Å². The third-order valence-corrected chi connectivity index (χ3v) is 3.59. The molecular formula is C17H13ClN4O3. The van der Waals surface area contributed by atoms with Crippen molar-refractivity contribution in [3.05, 3.63) is 48.3 Å². The van der Waals surface area contributed by atoms with Gasteiger partial charge in [0.25, 0.3) is 0 Å². The maximum Gasteiger partial charge on any atom is 0.230 e. The highest BCUT2D eigenvalue weighted by Gasteiger charge is 2.23. The molecule has 0 saturated carbocycles. The first-order valence-electron chi connectivity index (χ1n) is 7.26. The number of fused-ring (bicyclic) bond motifs is 2. The van der Waals surface area contributed by atoms with Crippen molar-refractivity contribution < 1.29 is 14.3 Å². The zero-order valence-corrected chi connectivity index (χ0v) is 13.7. The Balaban J connectivity index is 0.000000569. The zero-order valence-electron chi connectivity index (χ0n) is 12.9. The summed E-state index contributed by atoms with van der Waals surface area (Å²) in [5.41, 5.74) is 8.00. The monoisotopic (exact) mass is 356 g/mol. The molecule has 0 unspecified atom stereocenters. The minimum atomic E-state index is -0.0811. The number of aromatic nitrogens is 2. The summed E-state index contributed by atoms with van der Waals surface area (Å²) in [5.74, 6) is 1.95. The fourth-order valence-electron chi connectivity index (χ4n) is 2.56. The number of carbonyl (C=O) groups is 2. The number of amides is 1. The van der Waals surface area contributed by atoms with E-state index in [4.69, 9.17) is 15.3 Å². The summed E-state index contributed by atoms with van der Waals surface area (Å²) in [4.78, 5) is 28.5. The molecule has 1 aliphatic heterocycles. The number of anilines is 2. The van der Waals surface area contributed by atoms with Crippen LogP contribution in [0.5, 0.6) is 11.5 Å². The number of hydrogen-bond donors (Lipinski definition) is 2. The number of nitrogens with one attached hydrogen (secondary N) is 1. The maximum atomic E-state index is 11.5. The van der Waals surface area contributed by atoms with E-state index in [2.05, 4.69) is 26.9 Å². The van der Waals surface area contributed by atoms with Gasteiger partial charge in [0, 0.05) is 23.3 Å². The van der Waals surface area contributed by atoms with Crippen molar-refractivity contribution in [2.45, 2.75) is 6.42 Å². The van der Waals surface area contributed by atoms with Crippen LogP contribution in [0, 0.1) is 0 Å². The van der Waals surface area contributed by atoms with Crippen LogP contribution < -0.4 is 15.8 Å². The molecule has 0 aliphatic carbocycles. The lowest BCUT2D eigenvalue weighted by molar-refractivity contribution is -0.115. The number of nitrogen functional groups attached to an aromatic ring is 1. The minimum absolute atomic E-state index is 0.0811. The van der Waals surface area contributed by atoms with Gasteiger partial charge in [-0.15, -0.1) is 0 Å². The lowest BCUT2D eigenvalue weighted by Crippen LogP contribution is -2.04. The van der Waals surface area contributed by atoms with E-state index in [1.54, 1.807) is 30.6 Å². The highest BCUT2D eigenvalue weighted by atomic mass is 35.5. The number of carbonyl (C=O) groups excluding carboxylic acids is 2. The summed E-state index contributed by atoms with van der Waals surface area (Å²) in [7, 11) is 0. The average Bonchev–Trinajstić information content (AvgIpc) is 3.00. The summed E-state index contributed by atoms with van der Waals surface area (Å²) >= 11 is 4.32. The molecule has 0 fully saturated rings. The fraction of sp³-hybridized carbons (Fsp3) is 0.0588. The van der Waals surface area contributed by atoms with Crippen molar-refractivity contribution in [3.8, 4) is 11.5 Å². The van der Waals surface area contributed by atoms with E-state index in [1.165, 1.54) is 0 Å². The number of nitrogens with zero attached hydrogens (tertiary/aromatic N) is 2. The zero-order chi connectivity index (χ0) is 17.8. The van der Waals surface area contributed by atoms with E-state index in [0.717, 1.165) is 10.9 Å². The third-order valence-electron chi connectivity index (χ3n) is 3.59. The van der Waals surface area contributed by atoms with Gasteiger partial charge in [-0.1, -0.05) is 0 Å². The van der Waals surface area contributed by atoms with Crippen molar-refractivity contribution in [2.75, 3.05) is 11.1 Å². The summed E-state index contributed by atoms with van der Waals surface area (Å²) in [5, 5.41) is 3.53. The Bertz CT molecular complexity index is 962. The van der Waals surface area contributed by atoms with Crippen LogP contribution >= 0.6 is 11.6 Å². The molecule has 0 bridgehead atoms. The molecule has 3 heterocycles.